The number of nitriles is 1. The maximum absolute atomic E-state index is 12.8. The average Bonchev–Trinajstić information content (AvgIpc) is 2.64. The van der Waals surface area contributed by atoms with Crippen molar-refractivity contribution in [1.29, 1.82) is 5.26 Å². The summed E-state index contributed by atoms with van der Waals surface area (Å²) in [4.78, 5) is 3.02. The van der Waals surface area contributed by atoms with Crippen molar-refractivity contribution < 1.29 is 4.39 Å². The van der Waals surface area contributed by atoms with Crippen molar-refractivity contribution in [3.05, 3.63) is 35.8 Å². The van der Waals surface area contributed by atoms with E-state index in [0.29, 0.717) is 6.54 Å². The zero-order valence-electron chi connectivity index (χ0n) is 8.20. The molecule has 0 spiro atoms. The normalized spacial score (nSPS) is 9.60. The van der Waals surface area contributed by atoms with E-state index in [4.69, 9.17) is 11.0 Å². The molecule has 4 heteroatoms. The van der Waals surface area contributed by atoms with E-state index in [-0.39, 0.29) is 5.82 Å². The number of halogens is 1. The molecule has 15 heavy (non-hydrogen) atoms. The fourth-order valence-corrected chi connectivity index (χ4v) is 1.52. The van der Waals surface area contributed by atoms with Crippen molar-refractivity contribution in [2.45, 2.75) is 6.42 Å². The number of fused-ring (bicyclic) bond motifs is 1. The third kappa shape index (κ3) is 2.33. The van der Waals surface area contributed by atoms with Crippen molar-refractivity contribution in [3.8, 4) is 6.57 Å². The van der Waals surface area contributed by atoms with Gasteiger partial charge >= 0.3 is 0 Å². The summed E-state index contributed by atoms with van der Waals surface area (Å²) < 4.78 is 12.8. The van der Waals surface area contributed by atoms with Gasteiger partial charge in [-0.2, -0.15) is 0 Å². The smallest absolute Gasteiger partial charge is 0.125 e. The lowest BCUT2D eigenvalue weighted by Gasteiger charge is -1.95. The van der Waals surface area contributed by atoms with Crippen molar-refractivity contribution in [2.24, 2.45) is 5.73 Å². The molecule has 0 saturated heterocycles. The van der Waals surface area contributed by atoms with E-state index < -0.39 is 0 Å². The Bertz CT molecular complexity index is 459. The molecular formula is C11H12FN3. The average molecular weight is 205 g/mol. The summed E-state index contributed by atoms with van der Waals surface area (Å²) in [6.07, 6.45) is 2.71. The van der Waals surface area contributed by atoms with Gasteiger partial charge in [0, 0.05) is 23.7 Å². The Labute approximate surface area is 87.3 Å². The summed E-state index contributed by atoms with van der Waals surface area (Å²) in [7, 11) is 0. The molecule has 0 unspecified atom stereocenters. The minimum Gasteiger partial charge on any atom is -0.361 e. The number of benzene rings is 1. The zero-order valence-corrected chi connectivity index (χ0v) is 8.20. The number of aromatic amines is 1. The van der Waals surface area contributed by atoms with Crippen LogP contribution >= 0.6 is 0 Å². The van der Waals surface area contributed by atoms with Gasteiger partial charge in [-0.25, -0.2) is 9.65 Å². The molecule has 0 amide bonds. The molecule has 0 aliphatic rings. The molecule has 0 aliphatic heterocycles. The third-order valence-corrected chi connectivity index (χ3v) is 2.14. The number of nitrogens with two attached hydrogens (primary N) is 1. The molecule has 0 bridgehead atoms. The quantitative estimate of drug-likeness (QED) is 0.786. The molecule has 0 radical (unpaired) electrons. The summed E-state index contributed by atoms with van der Waals surface area (Å²) in [5.41, 5.74) is 7.44. The van der Waals surface area contributed by atoms with Gasteiger partial charge in [-0.1, -0.05) is 0 Å². The minimum absolute atomic E-state index is 0.214. The van der Waals surface area contributed by atoms with E-state index >= 15 is 0 Å². The summed E-state index contributed by atoms with van der Waals surface area (Å²) in [5, 5.41) is 7.56. The van der Waals surface area contributed by atoms with Crippen LogP contribution in [0, 0.1) is 17.7 Å². The van der Waals surface area contributed by atoms with Crippen LogP contribution in [0.2, 0.25) is 0 Å². The van der Waals surface area contributed by atoms with Crippen LogP contribution in [0.4, 0.5) is 4.39 Å². The Kier molecular flexibility index (Phi) is 3.83. The van der Waals surface area contributed by atoms with Gasteiger partial charge in [-0.3, -0.25) is 0 Å². The molecule has 0 atom stereocenters. The van der Waals surface area contributed by atoms with E-state index in [9.17, 15) is 4.39 Å². The number of nitrogens with one attached hydrogen (secondary N) is 1. The lowest BCUT2D eigenvalue weighted by molar-refractivity contribution is 0.629. The zero-order chi connectivity index (χ0) is 11.3. The van der Waals surface area contributed by atoms with Crippen LogP contribution in [0.25, 0.3) is 10.9 Å². The summed E-state index contributed by atoms with van der Waals surface area (Å²) in [5.74, 6) is -0.214. The molecule has 0 fully saturated rings. The highest BCUT2D eigenvalue weighted by Crippen LogP contribution is 2.19. The van der Waals surface area contributed by atoms with Crippen molar-refractivity contribution in [3.63, 3.8) is 0 Å². The Morgan fingerprint density at radius 2 is 2.13 bits per heavy atom. The van der Waals surface area contributed by atoms with Gasteiger partial charge in [0.25, 0.3) is 0 Å². The van der Waals surface area contributed by atoms with Crippen molar-refractivity contribution >= 4 is 10.9 Å². The summed E-state index contributed by atoms with van der Waals surface area (Å²) in [6, 6.07) is 4.75. The van der Waals surface area contributed by atoms with Crippen LogP contribution in [0.5, 0.6) is 0 Å². The van der Waals surface area contributed by atoms with Gasteiger partial charge in [-0.05, 0) is 36.7 Å². The second-order valence-electron chi connectivity index (χ2n) is 3.04. The highest BCUT2D eigenvalue weighted by molar-refractivity contribution is 5.83. The van der Waals surface area contributed by atoms with E-state index in [2.05, 4.69) is 11.6 Å². The number of hydrogen-bond donors (Lipinski definition) is 2. The van der Waals surface area contributed by atoms with Crippen molar-refractivity contribution in [1.82, 2.24) is 4.98 Å². The Hall–Kier alpha value is -1.86. The molecule has 3 N–H and O–H groups in total. The number of nitrogens with zero attached hydrogens (tertiary/aromatic N) is 1. The summed E-state index contributed by atoms with van der Waals surface area (Å²) in [6.45, 7) is 4.12. The number of hydrogen-bond acceptors (Lipinski definition) is 2. The molecular weight excluding hydrogens is 193 g/mol. The topological polar surface area (TPSA) is 65.6 Å². The first-order valence-corrected chi connectivity index (χ1v) is 4.52. The van der Waals surface area contributed by atoms with Gasteiger partial charge in [-0.15, -0.1) is 0 Å². The predicted molar refractivity (Wildman–Crippen MR) is 57.7 cm³/mol. The molecule has 1 heterocycles. The van der Waals surface area contributed by atoms with E-state index in [1.54, 1.807) is 6.07 Å². The fraction of sp³-hybridized carbons (Fsp3) is 0.182. The maximum Gasteiger partial charge on any atom is 0.125 e. The van der Waals surface area contributed by atoms with E-state index in [0.717, 1.165) is 22.9 Å². The van der Waals surface area contributed by atoms with Crippen LogP contribution < -0.4 is 5.73 Å². The van der Waals surface area contributed by atoms with Crippen LogP contribution in [-0.2, 0) is 6.42 Å². The first-order valence-electron chi connectivity index (χ1n) is 4.52. The minimum atomic E-state index is -0.214. The van der Waals surface area contributed by atoms with Gasteiger partial charge in [0.05, 0.1) is 0 Å². The molecule has 1 aromatic heterocycles. The lowest BCUT2D eigenvalue weighted by atomic mass is 10.1. The highest BCUT2D eigenvalue weighted by Gasteiger charge is 2.02. The summed E-state index contributed by atoms with van der Waals surface area (Å²) >= 11 is 0. The molecule has 1 aromatic carbocycles. The Morgan fingerprint density at radius 1 is 1.40 bits per heavy atom. The molecule has 78 valence electrons. The molecule has 0 aliphatic carbocycles. The monoisotopic (exact) mass is 205 g/mol. The Balaban J connectivity index is 0.000000531. The second kappa shape index (κ2) is 5.13. The molecule has 0 saturated carbocycles. The number of rotatable bonds is 2. The van der Waals surface area contributed by atoms with Gasteiger partial charge in [0.15, 0.2) is 0 Å². The van der Waals surface area contributed by atoms with E-state index in [1.807, 2.05) is 6.20 Å². The first kappa shape index (κ1) is 11.2. The molecule has 2 aromatic rings. The third-order valence-electron chi connectivity index (χ3n) is 2.14. The van der Waals surface area contributed by atoms with E-state index in [1.165, 1.54) is 12.1 Å². The predicted octanol–water partition coefficient (Wildman–Crippen LogP) is 1.95. The number of aromatic nitrogens is 1. The van der Waals surface area contributed by atoms with Crippen molar-refractivity contribution in [2.75, 3.05) is 6.54 Å². The number of H-pyrrole nitrogens is 1. The van der Waals surface area contributed by atoms with Crippen LogP contribution in [0.1, 0.15) is 5.56 Å². The highest BCUT2D eigenvalue weighted by atomic mass is 19.1. The van der Waals surface area contributed by atoms with Crippen LogP contribution in [-0.4, -0.2) is 11.5 Å². The SMILES string of the molecule is C#N.NCCc1c[nH]c2cc(F)ccc12. The van der Waals surface area contributed by atoms with Gasteiger partial charge in [0.2, 0.25) is 0 Å². The standard InChI is InChI=1S/C10H11FN2.CHN/c11-8-1-2-9-7(3-4-12)6-13-10(9)5-8;1-2/h1-2,5-6,13H,3-4,12H2;1H. The first-order chi connectivity index (χ1) is 7.31. The molecule has 2 rings (SSSR count). The van der Waals surface area contributed by atoms with Crippen LogP contribution in [0.15, 0.2) is 24.4 Å². The molecule has 3 nitrogen and oxygen atoms in total. The van der Waals surface area contributed by atoms with Gasteiger partial charge in [0.1, 0.15) is 5.82 Å². The fourth-order valence-electron chi connectivity index (χ4n) is 1.52. The lowest BCUT2D eigenvalue weighted by Crippen LogP contribution is -2.01. The maximum atomic E-state index is 12.8. The van der Waals surface area contributed by atoms with Crippen LogP contribution in [0.3, 0.4) is 0 Å². The Morgan fingerprint density at radius 3 is 2.80 bits per heavy atom. The van der Waals surface area contributed by atoms with Gasteiger partial charge < -0.3 is 10.7 Å². The largest absolute Gasteiger partial charge is 0.361 e. The second-order valence-corrected chi connectivity index (χ2v) is 3.04.